The summed E-state index contributed by atoms with van der Waals surface area (Å²) in [6.07, 6.45) is -4.20. The van der Waals surface area contributed by atoms with Gasteiger partial charge in [-0.2, -0.15) is 13.2 Å². The summed E-state index contributed by atoms with van der Waals surface area (Å²) in [5, 5.41) is 11.3. The van der Waals surface area contributed by atoms with E-state index in [9.17, 15) is 18.0 Å². The lowest BCUT2D eigenvalue weighted by Gasteiger charge is -2.18. The van der Waals surface area contributed by atoms with Gasteiger partial charge < -0.3 is 5.11 Å². The third-order valence-corrected chi connectivity index (χ3v) is 4.20. The van der Waals surface area contributed by atoms with Crippen LogP contribution in [0.1, 0.15) is 25.0 Å². The molecule has 1 aromatic carbocycles. The molecular weight excluding hydrogens is 289 g/mol. The maximum absolute atomic E-state index is 12.7. The SMILES string of the molecule is CC(C)(Cc1csc2ccc(C(F)(F)F)cc12)C(=O)O. The quantitative estimate of drug-likeness (QED) is 0.901. The highest BCUT2D eigenvalue weighted by Crippen LogP contribution is 2.36. The fourth-order valence-corrected chi connectivity index (χ4v) is 2.89. The van der Waals surface area contributed by atoms with Crippen molar-refractivity contribution in [3.63, 3.8) is 0 Å². The van der Waals surface area contributed by atoms with Crippen molar-refractivity contribution >= 4 is 27.4 Å². The number of alkyl halides is 3. The van der Waals surface area contributed by atoms with Gasteiger partial charge in [0.05, 0.1) is 11.0 Å². The molecule has 108 valence electrons. The molecule has 0 amide bonds. The number of rotatable bonds is 3. The Balaban J connectivity index is 2.48. The number of carboxylic acid groups (broad SMARTS) is 1. The van der Waals surface area contributed by atoms with E-state index in [0.717, 1.165) is 16.8 Å². The Morgan fingerprint density at radius 2 is 1.95 bits per heavy atom. The molecule has 0 aliphatic rings. The molecule has 1 aromatic heterocycles. The van der Waals surface area contributed by atoms with Crippen LogP contribution < -0.4 is 0 Å². The Morgan fingerprint density at radius 1 is 1.30 bits per heavy atom. The molecule has 0 bridgehead atoms. The summed E-state index contributed by atoms with van der Waals surface area (Å²) >= 11 is 1.33. The van der Waals surface area contributed by atoms with E-state index in [1.807, 2.05) is 0 Å². The van der Waals surface area contributed by atoms with Gasteiger partial charge in [-0.15, -0.1) is 11.3 Å². The van der Waals surface area contributed by atoms with E-state index < -0.39 is 23.1 Å². The summed E-state index contributed by atoms with van der Waals surface area (Å²) in [4.78, 5) is 11.1. The largest absolute Gasteiger partial charge is 0.481 e. The molecule has 0 aliphatic carbocycles. The van der Waals surface area contributed by atoms with Crippen LogP contribution >= 0.6 is 11.3 Å². The van der Waals surface area contributed by atoms with E-state index in [0.29, 0.717) is 10.9 Å². The topological polar surface area (TPSA) is 37.3 Å². The smallest absolute Gasteiger partial charge is 0.416 e. The second-order valence-corrected chi connectivity index (χ2v) is 6.25. The summed E-state index contributed by atoms with van der Waals surface area (Å²) in [5.74, 6) is -0.969. The molecule has 0 fully saturated rings. The standard InChI is InChI=1S/C14H13F3O2S/c1-13(2,12(18)19)6-8-7-20-11-4-3-9(5-10(8)11)14(15,16)17/h3-5,7H,6H2,1-2H3,(H,18,19). The van der Waals surface area contributed by atoms with Gasteiger partial charge >= 0.3 is 12.1 Å². The van der Waals surface area contributed by atoms with Crippen molar-refractivity contribution < 1.29 is 23.1 Å². The van der Waals surface area contributed by atoms with E-state index in [2.05, 4.69) is 0 Å². The average molecular weight is 302 g/mol. The van der Waals surface area contributed by atoms with Crippen molar-refractivity contribution in [1.29, 1.82) is 0 Å². The Morgan fingerprint density at radius 3 is 2.50 bits per heavy atom. The number of carboxylic acids is 1. The molecule has 2 nitrogen and oxygen atoms in total. The molecule has 6 heteroatoms. The molecular formula is C14H13F3O2S. The predicted molar refractivity (Wildman–Crippen MR) is 71.9 cm³/mol. The minimum atomic E-state index is -4.39. The molecule has 0 atom stereocenters. The zero-order valence-corrected chi connectivity index (χ0v) is 11.7. The molecule has 0 aliphatic heterocycles. The van der Waals surface area contributed by atoms with Crippen LogP contribution in [0.5, 0.6) is 0 Å². The fraction of sp³-hybridized carbons (Fsp3) is 0.357. The van der Waals surface area contributed by atoms with Crippen molar-refractivity contribution in [1.82, 2.24) is 0 Å². The van der Waals surface area contributed by atoms with Gasteiger partial charge in [0.2, 0.25) is 0 Å². The molecule has 0 unspecified atom stereocenters. The van der Waals surface area contributed by atoms with Crippen LogP contribution in [-0.2, 0) is 17.4 Å². The van der Waals surface area contributed by atoms with E-state index in [-0.39, 0.29) is 6.42 Å². The normalized spacial score (nSPS) is 12.8. The second-order valence-electron chi connectivity index (χ2n) is 5.34. The second kappa shape index (κ2) is 4.77. The molecule has 0 radical (unpaired) electrons. The summed E-state index contributed by atoms with van der Waals surface area (Å²) < 4.78 is 38.9. The number of thiophene rings is 1. The number of benzene rings is 1. The monoisotopic (exact) mass is 302 g/mol. The first-order chi connectivity index (χ1) is 9.11. The van der Waals surface area contributed by atoms with E-state index >= 15 is 0 Å². The predicted octanol–water partition coefficient (Wildman–Crippen LogP) is 4.57. The number of halogens is 3. The van der Waals surface area contributed by atoms with E-state index in [1.54, 1.807) is 19.2 Å². The molecule has 1 N–H and O–H groups in total. The van der Waals surface area contributed by atoms with Crippen molar-refractivity contribution in [3.05, 3.63) is 34.7 Å². The molecule has 2 aromatic rings. The van der Waals surface area contributed by atoms with Crippen molar-refractivity contribution in [2.75, 3.05) is 0 Å². The van der Waals surface area contributed by atoms with Crippen LogP contribution in [0.15, 0.2) is 23.6 Å². The minimum absolute atomic E-state index is 0.198. The zero-order valence-electron chi connectivity index (χ0n) is 10.9. The van der Waals surface area contributed by atoms with E-state index in [1.165, 1.54) is 17.4 Å². The van der Waals surface area contributed by atoms with Gasteiger partial charge in [0, 0.05) is 4.70 Å². The van der Waals surface area contributed by atoms with Gasteiger partial charge in [0.1, 0.15) is 0 Å². The first kappa shape index (κ1) is 14.8. The molecule has 0 saturated carbocycles. The maximum Gasteiger partial charge on any atom is 0.416 e. The lowest BCUT2D eigenvalue weighted by Crippen LogP contribution is -2.26. The lowest BCUT2D eigenvalue weighted by molar-refractivity contribution is -0.146. The fourth-order valence-electron chi connectivity index (χ4n) is 1.95. The van der Waals surface area contributed by atoms with Gasteiger partial charge in [0.15, 0.2) is 0 Å². The molecule has 1 heterocycles. The summed E-state index contributed by atoms with van der Waals surface area (Å²) in [6, 6.07) is 3.57. The Bertz CT molecular complexity index is 656. The van der Waals surface area contributed by atoms with Crippen molar-refractivity contribution in [3.8, 4) is 0 Å². The van der Waals surface area contributed by atoms with Crippen LogP contribution in [0.25, 0.3) is 10.1 Å². The third-order valence-electron chi connectivity index (χ3n) is 3.19. The summed E-state index contributed by atoms with van der Waals surface area (Å²) in [7, 11) is 0. The highest BCUT2D eigenvalue weighted by molar-refractivity contribution is 7.17. The minimum Gasteiger partial charge on any atom is -0.481 e. The van der Waals surface area contributed by atoms with E-state index in [4.69, 9.17) is 5.11 Å². The van der Waals surface area contributed by atoms with Gasteiger partial charge in [-0.3, -0.25) is 4.79 Å². The Kier molecular flexibility index (Phi) is 3.54. The molecule has 20 heavy (non-hydrogen) atoms. The number of carbonyl (C=O) groups is 1. The van der Waals surface area contributed by atoms with Crippen LogP contribution in [0.2, 0.25) is 0 Å². The van der Waals surface area contributed by atoms with Gasteiger partial charge in [-0.05, 0) is 54.8 Å². The first-order valence-corrected chi connectivity index (χ1v) is 6.80. The summed E-state index contributed by atoms with van der Waals surface area (Å²) in [6.45, 7) is 3.12. The van der Waals surface area contributed by atoms with Gasteiger partial charge in [-0.25, -0.2) is 0 Å². The number of aliphatic carboxylic acids is 1. The van der Waals surface area contributed by atoms with Crippen LogP contribution in [0.3, 0.4) is 0 Å². The zero-order chi connectivity index (χ0) is 15.1. The number of fused-ring (bicyclic) bond motifs is 1. The molecule has 2 rings (SSSR count). The average Bonchev–Trinajstić information content (AvgIpc) is 2.70. The van der Waals surface area contributed by atoms with Crippen molar-refractivity contribution in [2.45, 2.75) is 26.4 Å². The van der Waals surface area contributed by atoms with Crippen LogP contribution in [0, 0.1) is 5.41 Å². The van der Waals surface area contributed by atoms with Gasteiger partial charge in [-0.1, -0.05) is 0 Å². The highest BCUT2D eigenvalue weighted by atomic mass is 32.1. The number of hydrogen-bond acceptors (Lipinski definition) is 2. The van der Waals surface area contributed by atoms with Gasteiger partial charge in [0.25, 0.3) is 0 Å². The molecule has 0 spiro atoms. The highest BCUT2D eigenvalue weighted by Gasteiger charge is 2.32. The van der Waals surface area contributed by atoms with Crippen LogP contribution in [0.4, 0.5) is 13.2 Å². The third kappa shape index (κ3) is 2.80. The maximum atomic E-state index is 12.7. The van der Waals surface area contributed by atoms with Crippen molar-refractivity contribution in [2.24, 2.45) is 5.41 Å². The number of hydrogen-bond donors (Lipinski definition) is 1. The Hall–Kier alpha value is -1.56. The molecule has 0 saturated heterocycles. The Labute approximate surface area is 117 Å². The summed E-state index contributed by atoms with van der Waals surface area (Å²) in [5.41, 5.74) is -1.08. The lowest BCUT2D eigenvalue weighted by atomic mass is 9.86. The van der Waals surface area contributed by atoms with Crippen LogP contribution in [-0.4, -0.2) is 11.1 Å². The first-order valence-electron chi connectivity index (χ1n) is 5.92.